The molecule has 6 nitrogen and oxygen atoms in total. The summed E-state index contributed by atoms with van der Waals surface area (Å²) in [4.78, 5) is 11.5. The number of aryl methyl sites for hydroxylation is 1. The Kier molecular flexibility index (Phi) is 4.01. The number of aromatic nitrogens is 2. The highest BCUT2D eigenvalue weighted by atomic mass is 16.3. The molecule has 18 heavy (non-hydrogen) atoms. The first-order valence-electron chi connectivity index (χ1n) is 5.85. The molecule has 2 aromatic rings. The van der Waals surface area contributed by atoms with Crippen molar-refractivity contribution in [2.45, 2.75) is 26.4 Å². The molecule has 96 valence electrons. The summed E-state index contributed by atoms with van der Waals surface area (Å²) < 4.78 is 5.11. The molecule has 0 saturated heterocycles. The second kappa shape index (κ2) is 5.90. The van der Waals surface area contributed by atoms with Crippen molar-refractivity contribution >= 4 is 6.03 Å². The zero-order chi connectivity index (χ0) is 12.8. The fourth-order valence-corrected chi connectivity index (χ4v) is 1.50. The highest BCUT2D eigenvalue weighted by Gasteiger charge is 2.03. The largest absolute Gasteiger partial charge is 0.467 e. The van der Waals surface area contributed by atoms with Gasteiger partial charge in [-0.1, -0.05) is 6.92 Å². The number of H-pyrrole nitrogens is 1. The smallest absolute Gasteiger partial charge is 0.315 e. The van der Waals surface area contributed by atoms with Gasteiger partial charge in [0.25, 0.3) is 0 Å². The van der Waals surface area contributed by atoms with Crippen LogP contribution in [-0.4, -0.2) is 16.2 Å². The molecule has 0 spiro atoms. The molecule has 0 aliphatic rings. The van der Waals surface area contributed by atoms with Crippen molar-refractivity contribution in [2.24, 2.45) is 0 Å². The van der Waals surface area contributed by atoms with E-state index in [1.165, 1.54) is 0 Å². The number of amides is 2. The van der Waals surface area contributed by atoms with Gasteiger partial charge in [0.1, 0.15) is 5.76 Å². The van der Waals surface area contributed by atoms with Crippen LogP contribution in [0.25, 0.3) is 0 Å². The highest BCUT2D eigenvalue weighted by molar-refractivity contribution is 5.73. The lowest BCUT2D eigenvalue weighted by Crippen LogP contribution is -2.34. The first-order chi connectivity index (χ1) is 8.78. The Bertz CT molecular complexity index is 490. The monoisotopic (exact) mass is 248 g/mol. The summed E-state index contributed by atoms with van der Waals surface area (Å²) in [7, 11) is 0. The third kappa shape index (κ3) is 3.38. The lowest BCUT2D eigenvalue weighted by Gasteiger charge is -2.04. The van der Waals surface area contributed by atoms with Gasteiger partial charge in [0.05, 0.1) is 30.7 Å². The molecule has 2 rings (SSSR count). The van der Waals surface area contributed by atoms with E-state index >= 15 is 0 Å². The van der Waals surface area contributed by atoms with Crippen LogP contribution in [0.5, 0.6) is 0 Å². The molecule has 0 aliphatic heterocycles. The summed E-state index contributed by atoms with van der Waals surface area (Å²) in [5.41, 5.74) is 1.88. The number of carbonyl (C=O) groups is 1. The predicted octanol–water partition coefficient (Wildman–Crippen LogP) is 1.56. The van der Waals surface area contributed by atoms with Gasteiger partial charge < -0.3 is 15.1 Å². The van der Waals surface area contributed by atoms with Crippen molar-refractivity contribution in [2.75, 3.05) is 0 Å². The topological polar surface area (TPSA) is 83.0 Å². The maximum Gasteiger partial charge on any atom is 0.315 e. The molecule has 2 heterocycles. The third-order valence-corrected chi connectivity index (χ3v) is 2.49. The number of nitrogens with zero attached hydrogens (tertiary/aromatic N) is 1. The van der Waals surface area contributed by atoms with Crippen LogP contribution >= 0.6 is 0 Å². The number of hydrogen-bond donors (Lipinski definition) is 3. The Morgan fingerprint density at radius 2 is 2.28 bits per heavy atom. The molecule has 0 fully saturated rings. The number of nitrogens with one attached hydrogen (secondary N) is 3. The number of furan rings is 1. The van der Waals surface area contributed by atoms with Crippen LogP contribution in [-0.2, 0) is 19.5 Å². The zero-order valence-electron chi connectivity index (χ0n) is 10.2. The molecule has 0 aliphatic carbocycles. The minimum Gasteiger partial charge on any atom is -0.467 e. The SMILES string of the molecule is CCc1cc(CNC(=O)NCc2ccco2)[nH]n1. The van der Waals surface area contributed by atoms with Crippen molar-refractivity contribution < 1.29 is 9.21 Å². The number of urea groups is 1. The van der Waals surface area contributed by atoms with E-state index < -0.39 is 0 Å². The zero-order valence-corrected chi connectivity index (χ0v) is 10.2. The van der Waals surface area contributed by atoms with E-state index in [1.807, 2.05) is 19.1 Å². The molecule has 0 unspecified atom stereocenters. The van der Waals surface area contributed by atoms with E-state index in [0.29, 0.717) is 13.1 Å². The molecule has 0 aromatic carbocycles. The fourth-order valence-electron chi connectivity index (χ4n) is 1.50. The van der Waals surface area contributed by atoms with Crippen molar-refractivity contribution in [1.82, 2.24) is 20.8 Å². The quantitative estimate of drug-likeness (QED) is 0.751. The molecular weight excluding hydrogens is 232 g/mol. The van der Waals surface area contributed by atoms with Crippen LogP contribution in [0.15, 0.2) is 28.9 Å². The summed E-state index contributed by atoms with van der Waals surface area (Å²) in [6.07, 6.45) is 2.45. The van der Waals surface area contributed by atoms with Crippen LogP contribution < -0.4 is 10.6 Å². The average molecular weight is 248 g/mol. The van der Waals surface area contributed by atoms with Crippen molar-refractivity contribution in [3.63, 3.8) is 0 Å². The van der Waals surface area contributed by atoms with Crippen LogP contribution in [0.1, 0.15) is 24.1 Å². The third-order valence-electron chi connectivity index (χ3n) is 2.49. The second-order valence-corrected chi connectivity index (χ2v) is 3.85. The minimum absolute atomic E-state index is 0.237. The van der Waals surface area contributed by atoms with Gasteiger partial charge in [-0.05, 0) is 24.6 Å². The molecule has 0 saturated carbocycles. The van der Waals surface area contributed by atoms with Crippen molar-refractivity contribution in [3.8, 4) is 0 Å². The number of carbonyl (C=O) groups excluding carboxylic acids is 1. The molecule has 3 N–H and O–H groups in total. The Labute approximate surface area is 105 Å². The number of hydrogen-bond acceptors (Lipinski definition) is 3. The average Bonchev–Trinajstić information content (AvgIpc) is 3.04. The number of rotatable bonds is 5. The molecular formula is C12H16N4O2. The van der Waals surface area contributed by atoms with E-state index in [0.717, 1.165) is 23.6 Å². The predicted molar refractivity (Wildman–Crippen MR) is 65.7 cm³/mol. The van der Waals surface area contributed by atoms with Crippen LogP contribution in [0, 0.1) is 0 Å². The maximum absolute atomic E-state index is 11.5. The summed E-state index contributed by atoms with van der Waals surface area (Å²) >= 11 is 0. The summed E-state index contributed by atoms with van der Waals surface area (Å²) in [5, 5.41) is 12.4. The van der Waals surface area contributed by atoms with Gasteiger partial charge in [0.2, 0.25) is 0 Å². The Morgan fingerprint density at radius 1 is 1.44 bits per heavy atom. The van der Waals surface area contributed by atoms with Gasteiger partial charge in [0, 0.05) is 0 Å². The van der Waals surface area contributed by atoms with E-state index in [9.17, 15) is 4.79 Å². The van der Waals surface area contributed by atoms with Crippen LogP contribution in [0.2, 0.25) is 0 Å². The van der Waals surface area contributed by atoms with Gasteiger partial charge in [-0.25, -0.2) is 4.79 Å². The van der Waals surface area contributed by atoms with Crippen LogP contribution in [0.3, 0.4) is 0 Å². The fraction of sp³-hybridized carbons (Fsp3) is 0.333. The molecule has 0 bridgehead atoms. The normalized spacial score (nSPS) is 10.3. The van der Waals surface area contributed by atoms with E-state index in [1.54, 1.807) is 12.3 Å². The first kappa shape index (κ1) is 12.2. The molecule has 6 heteroatoms. The molecule has 2 amide bonds. The molecule has 0 radical (unpaired) electrons. The minimum atomic E-state index is -0.237. The van der Waals surface area contributed by atoms with Gasteiger partial charge in [0.15, 0.2) is 0 Å². The van der Waals surface area contributed by atoms with Gasteiger partial charge >= 0.3 is 6.03 Å². The molecule has 0 atom stereocenters. The summed E-state index contributed by atoms with van der Waals surface area (Å²) in [6.45, 7) is 2.84. The number of aromatic amines is 1. The molecule has 2 aromatic heterocycles. The van der Waals surface area contributed by atoms with Gasteiger partial charge in [-0.2, -0.15) is 5.10 Å². The van der Waals surface area contributed by atoms with Gasteiger partial charge in [-0.3, -0.25) is 5.10 Å². The van der Waals surface area contributed by atoms with E-state index in [-0.39, 0.29) is 6.03 Å². The maximum atomic E-state index is 11.5. The summed E-state index contributed by atoms with van der Waals surface area (Å²) in [5.74, 6) is 0.722. The van der Waals surface area contributed by atoms with Crippen molar-refractivity contribution in [3.05, 3.63) is 41.6 Å². The van der Waals surface area contributed by atoms with E-state index in [4.69, 9.17) is 4.42 Å². The highest BCUT2D eigenvalue weighted by Crippen LogP contribution is 2.00. The Hall–Kier alpha value is -2.24. The Morgan fingerprint density at radius 3 is 2.94 bits per heavy atom. The first-order valence-corrected chi connectivity index (χ1v) is 5.85. The Balaban J connectivity index is 1.71. The van der Waals surface area contributed by atoms with Gasteiger partial charge in [-0.15, -0.1) is 0 Å². The van der Waals surface area contributed by atoms with Crippen molar-refractivity contribution in [1.29, 1.82) is 0 Å². The van der Waals surface area contributed by atoms with E-state index in [2.05, 4.69) is 20.8 Å². The standard InChI is InChI=1S/C12H16N4O2/c1-2-9-6-10(16-15-9)7-13-12(17)14-8-11-4-3-5-18-11/h3-6H,2,7-8H2,1H3,(H,15,16)(H2,13,14,17). The summed E-state index contributed by atoms with van der Waals surface area (Å²) in [6, 6.07) is 5.29. The van der Waals surface area contributed by atoms with Crippen LogP contribution in [0.4, 0.5) is 4.79 Å². The lowest BCUT2D eigenvalue weighted by molar-refractivity contribution is 0.239. The second-order valence-electron chi connectivity index (χ2n) is 3.85. The lowest BCUT2D eigenvalue weighted by atomic mass is 10.3.